The number of carbonyl (C=O) groups is 1. The molecule has 3 rings (SSSR count). The zero-order valence-electron chi connectivity index (χ0n) is 14.8. The van der Waals surface area contributed by atoms with Crippen molar-refractivity contribution in [2.24, 2.45) is 0 Å². The number of rotatable bonds is 5. The molecule has 0 radical (unpaired) electrons. The molecule has 10 heteroatoms. The molecule has 0 spiro atoms. The highest BCUT2D eigenvalue weighted by Crippen LogP contribution is 2.21. The molecule has 142 valence electrons. The van der Waals surface area contributed by atoms with Gasteiger partial charge in [0, 0.05) is 21.8 Å². The van der Waals surface area contributed by atoms with Gasteiger partial charge < -0.3 is 10.1 Å². The molecule has 0 fully saturated rings. The van der Waals surface area contributed by atoms with Crippen LogP contribution >= 0.6 is 23.2 Å². The van der Waals surface area contributed by atoms with E-state index < -0.39 is 6.04 Å². The maximum Gasteiger partial charge on any atom is 0.335 e. The molecule has 1 atom stereocenters. The summed E-state index contributed by atoms with van der Waals surface area (Å²) < 4.78 is 6.54. The second-order valence-electron chi connectivity index (χ2n) is 5.74. The number of hydrogen-bond acceptors (Lipinski definition) is 6. The van der Waals surface area contributed by atoms with Crippen molar-refractivity contribution in [1.29, 1.82) is 5.26 Å². The number of pyridine rings is 1. The molecule has 0 saturated heterocycles. The molecule has 8 nitrogen and oxygen atoms in total. The molecule has 28 heavy (non-hydrogen) atoms. The third-order valence-corrected chi connectivity index (χ3v) is 4.19. The summed E-state index contributed by atoms with van der Waals surface area (Å²) >= 11 is 11.9. The Morgan fingerprint density at radius 3 is 2.57 bits per heavy atom. The number of methoxy groups -OCH3 is 1. The topological polar surface area (TPSA) is 106 Å². The van der Waals surface area contributed by atoms with Crippen LogP contribution in [0.1, 0.15) is 34.7 Å². The van der Waals surface area contributed by atoms with Crippen molar-refractivity contribution in [1.82, 2.24) is 25.1 Å². The summed E-state index contributed by atoms with van der Waals surface area (Å²) in [7, 11) is 1.44. The molecule has 0 aliphatic rings. The lowest BCUT2D eigenvalue weighted by atomic mass is 10.2. The van der Waals surface area contributed by atoms with E-state index in [9.17, 15) is 4.79 Å². The predicted octanol–water partition coefficient (Wildman–Crippen LogP) is 3.34. The molecule has 0 bridgehead atoms. The van der Waals surface area contributed by atoms with Gasteiger partial charge in [-0.2, -0.15) is 14.9 Å². The number of nitrogens with zero attached hydrogens (tertiary/aromatic N) is 5. The molecule has 2 aromatic heterocycles. The first-order chi connectivity index (χ1) is 13.4. The quantitative estimate of drug-likeness (QED) is 0.683. The first-order valence-corrected chi connectivity index (χ1v) is 8.81. The van der Waals surface area contributed by atoms with Gasteiger partial charge in [-0.3, -0.25) is 4.79 Å². The lowest BCUT2D eigenvalue weighted by molar-refractivity contribution is 0.0938. The average molecular weight is 417 g/mol. The van der Waals surface area contributed by atoms with Crippen LogP contribution in [0.5, 0.6) is 6.01 Å². The Morgan fingerprint density at radius 1 is 1.29 bits per heavy atom. The Morgan fingerprint density at radius 2 is 2.00 bits per heavy atom. The fourth-order valence-electron chi connectivity index (χ4n) is 2.45. The summed E-state index contributed by atoms with van der Waals surface area (Å²) in [6.07, 6.45) is 1.42. The van der Waals surface area contributed by atoms with Crippen LogP contribution in [0.2, 0.25) is 10.0 Å². The largest absolute Gasteiger partial charge is 0.466 e. The monoisotopic (exact) mass is 416 g/mol. The van der Waals surface area contributed by atoms with Gasteiger partial charge in [0.15, 0.2) is 11.6 Å². The fraction of sp³-hybridized carbons (Fsp3) is 0.167. The van der Waals surface area contributed by atoms with E-state index in [1.807, 2.05) is 6.07 Å². The maximum atomic E-state index is 12.6. The molecular weight excluding hydrogens is 403 g/mol. The van der Waals surface area contributed by atoms with Crippen LogP contribution < -0.4 is 10.1 Å². The molecule has 1 N–H and O–H groups in total. The Bertz CT molecular complexity index is 1040. The highest BCUT2D eigenvalue weighted by Gasteiger charge is 2.21. The van der Waals surface area contributed by atoms with Crippen molar-refractivity contribution >= 4 is 29.1 Å². The standard InChI is InChI=1S/C18H14Cl2N6O2/c1-10(23-17(27)12-5-13(19)7-14(20)6-12)16-24-18(28-2)25-26(16)15-4-3-11(8-21)9-22-15/h3-7,9-10H,1-2H3,(H,23,27)/t10-/m0/s1. The summed E-state index contributed by atoms with van der Waals surface area (Å²) in [6, 6.07) is 9.39. The van der Waals surface area contributed by atoms with Gasteiger partial charge in [0.05, 0.1) is 18.7 Å². The highest BCUT2D eigenvalue weighted by atomic mass is 35.5. The van der Waals surface area contributed by atoms with E-state index in [4.69, 9.17) is 33.2 Å². The molecule has 1 aromatic carbocycles. The van der Waals surface area contributed by atoms with Crippen LogP contribution in [0, 0.1) is 11.3 Å². The van der Waals surface area contributed by atoms with Gasteiger partial charge in [-0.05, 0) is 37.3 Å². The molecule has 0 unspecified atom stereocenters. The summed E-state index contributed by atoms with van der Waals surface area (Å²) in [5, 5.41) is 16.7. The number of nitrogens with one attached hydrogen (secondary N) is 1. The first kappa shape index (κ1) is 19.6. The minimum atomic E-state index is -0.542. The summed E-state index contributed by atoms with van der Waals surface area (Å²) in [6.45, 7) is 1.74. The van der Waals surface area contributed by atoms with E-state index in [-0.39, 0.29) is 11.9 Å². The van der Waals surface area contributed by atoms with Crippen molar-refractivity contribution in [3.05, 3.63) is 63.5 Å². The van der Waals surface area contributed by atoms with Crippen LogP contribution in [0.25, 0.3) is 5.82 Å². The molecule has 3 aromatic rings. The third-order valence-electron chi connectivity index (χ3n) is 3.75. The van der Waals surface area contributed by atoms with Gasteiger partial charge in [-0.1, -0.05) is 23.2 Å². The van der Waals surface area contributed by atoms with Crippen LogP contribution in [0.4, 0.5) is 0 Å². The zero-order valence-corrected chi connectivity index (χ0v) is 16.4. The first-order valence-electron chi connectivity index (χ1n) is 8.05. The maximum absolute atomic E-state index is 12.6. The van der Waals surface area contributed by atoms with Gasteiger partial charge >= 0.3 is 6.01 Å². The van der Waals surface area contributed by atoms with E-state index in [2.05, 4.69) is 20.4 Å². The number of nitriles is 1. The van der Waals surface area contributed by atoms with Crippen molar-refractivity contribution in [3.63, 3.8) is 0 Å². The predicted molar refractivity (Wildman–Crippen MR) is 103 cm³/mol. The number of amides is 1. The Hall–Kier alpha value is -3.15. The molecule has 0 aliphatic carbocycles. The fourth-order valence-corrected chi connectivity index (χ4v) is 2.97. The third kappa shape index (κ3) is 4.22. The molecule has 0 aliphatic heterocycles. The molecule has 1 amide bonds. The molecule has 2 heterocycles. The number of ether oxygens (including phenoxy) is 1. The van der Waals surface area contributed by atoms with Gasteiger partial charge in [0.2, 0.25) is 0 Å². The van der Waals surface area contributed by atoms with Crippen molar-refractivity contribution < 1.29 is 9.53 Å². The molecule has 0 saturated carbocycles. The smallest absolute Gasteiger partial charge is 0.335 e. The summed E-state index contributed by atoms with van der Waals surface area (Å²) in [5.41, 5.74) is 0.732. The Kier molecular flexibility index (Phi) is 5.78. The highest BCUT2D eigenvalue weighted by molar-refractivity contribution is 6.35. The summed E-state index contributed by atoms with van der Waals surface area (Å²) in [5.74, 6) is 0.449. The number of benzene rings is 1. The van der Waals surface area contributed by atoms with Crippen molar-refractivity contribution in [2.75, 3.05) is 7.11 Å². The van der Waals surface area contributed by atoms with Gasteiger partial charge in [0.25, 0.3) is 5.91 Å². The van der Waals surface area contributed by atoms with Gasteiger partial charge in [-0.25, -0.2) is 4.98 Å². The van der Waals surface area contributed by atoms with Crippen molar-refractivity contribution in [2.45, 2.75) is 13.0 Å². The SMILES string of the molecule is COc1nc([C@H](C)NC(=O)c2cc(Cl)cc(Cl)c2)n(-c2ccc(C#N)cn2)n1. The van der Waals surface area contributed by atoms with Crippen molar-refractivity contribution in [3.8, 4) is 17.9 Å². The Labute approximate surface area is 170 Å². The normalized spacial score (nSPS) is 11.5. The van der Waals surface area contributed by atoms with Crippen LogP contribution in [0.15, 0.2) is 36.5 Å². The van der Waals surface area contributed by atoms with E-state index in [1.165, 1.54) is 30.1 Å². The van der Waals surface area contributed by atoms with Crippen LogP contribution in [0.3, 0.4) is 0 Å². The van der Waals surface area contributed by atoms with Crippen LogP contribution in [-0.2, 0) is 0 Å². The number of halogens is 2. The number of carbonyl (C=O) groups excluding carboxylic acids is 1. The number of aromatic nitrogens is 4. The van der Waals surface area contributed by atoms with Gasteiger partial charge in [-0.15, -0.1) is 5.10 Å². The lowest BCUT2D eigenvalue weighted by Gasteiger charge is -2.14. The minimum absolute atomic E-state index is 0.119. The van der Waals surface area contributed by atoms with E-state index in [0.717, 1.165) is 0 Å². The summed E-state index contributed by atoms with van der Waals surface area (Å²) in [4.78, 5) is 21.1. The van der Waals surface area contributed by atoms with Gasteiger partial charge in [0.1, 0.15) is 6.07 Å². The average Bonchev–Trinajstić information content (AvgIpc) is 3.12. The lowest BCUT2D eigenvalue weighted by Crippen LogP contribution is -2.28. The minimum Gasteiger partial charge on any atom is -0.466 e. The Balaban J connectivity index is 1.90. The van der Waals surface area contributed by atoms with Crippen LogP contribution in [-0.4, -0.2) is 32.8 Å². The zero-order chi connectivity index (χ0) is 20.3. The van der Waals surface area contributed by atoms with E-state index >= 15 is 0 Å². The number of hydrogen-bond donors (Lipinski definition) is 1. The van der Waals surface area contributed by atoms with E-state index in [0.29, 0.717) is 32.8 Å². The van der Waals surface area contributed by atoms with E-state index in [1.54, 1.807) is 25.1 Å². The second kappa shape index (κ2) is 8.25. The second-order valence-corrected chi connectivity index (χ2v) is 6.61. The molecular formula is C18H14Cl2N6O2.